The number of aryl methyl sites for hydroxylation is 1. The number of rotatable bonds is 9. The number of nitrogens with zero attached hydrogens (tertiary/aromatic N) is 1. The molecule has 0 radical (unpaired) electrons. The standard InChI is InChI=1S/C19H24N2O2S/c1-3-4-5-6-13-23-17-10-8-16(9-11-17)19(22)21-20-14-18-12-7-15(2)24-18/h7-12,14H,3-6,13H2,1-2H3,(H,21,22). The number of hydrogen-bond acceptors (Lipinski definition) is 4. The first-order valence-corrected chi connectivity index (χ1v) is 9.13. The van der Waals surface area contributed by atoms with Gasteiger partial charge in [0, 0.05) is 15.3 Å². The van der Waals surface area contributed by atoms with Gasteiger partial charge in [-0.25, -0.2) is 5.43 Å². The number of amides is 1. The molecule has 4 nitrogen and oxygen atoms in total. The zero-order valence-electron chi connectivity index (χ0n) is 14.2. The number of hydrazone groups is 1. The predicted molar refractivity (Wildman–Crippen MR) is 100 cm³/mol. The van der Waals surface area contributed by atoms with Crippen LogP contribution in [0.2, 0.25) is 0 Å². The van der Waals surface area contributed by atoms with Crippen LogP contribution in [0.5, 0.6) is 5.75 Å². The van der Waals surface area contributed by atoms with E-state index in [9.17, 15) is 4.79 Å². The molecule has 0 atom stereocenters. The minimum absolute atomic E-state index is 0.228. The maximum atomic E-state index is 12.0. The summed E-state index contributed by atoms with van der Waals surface area (Å²) in [5, 5.41) is 3.99. The fourth-order valence-corrected chi connectivity index (χ4v) is 2.91. The quantitative estimate of drug-likeness (QED) is 0.404. The van der Waals surface area contributed by atoms with Crippen LogP contribution in [0.1, 0.15) is 52.7 Å². The molecule has 1 heterocycles. The summed E-state index contributed by atoms with van der Waals surface area (Å²) in [6.45, 7) is 4.94. The predicted octanol–water partition coefficient (Wildman–Crippen LogP) is 4.78. The van der Waals surface area contributed by atoms with Crippen LogP contribution >= 0.6 is 11.3 Å². The molecular weight excluding hydrogens is 320 g/mol. The Morgan fingerprint density at radius 3 is 2.62 bits per heavy atom. The number of benzene rings is 1. The molecule has 1 aromatic heterocycles. The number of ether oxygens (including phenoxy) is 1. The molecule has 0 unspecified atom stereocenters. The van der Waals surface area contributed by atoms with E-state index in [0.717, 1.165) is 23.7 Å². The average molecular weight is 344 g/mol. The summed E-state index contributed by atoms with van der Waals surface area (Å²) in [5.41, 5.74) is 3.10. The van der Waals surface area contributed by atoms with Crippen LogP contribution < -0.4 is 10.2 Å². The van der Waals surface area contributed by atoms with Crippen LogP contribution in [0.25, 0.3) is 0 Å². The molecule has 0 saturated carbocycles. The molecule has 1 amide bonds. The third-order valence-corrected chi connectivity index (χ3v) is 4.44. The third kappa shape index (κ3) is 6.16. The fourth-order valence-electron chi connectivity index (χ4n) is 2.16. The molecule has 0 aliphatic carbocycles. The summed E-state index contributed by atoms with van der Waals surface area (Å²) < 4.78 is 5.67. The fraction of sp³-hybridized carbons (Fsp3) is 0.368. The van der Waals surface area contributed by atoms with Crippen molar-refractivity contribution in [2.24, 2.45) is 5.10 Å². The molecule has 0 aliphatic rings. The number of carbonyl (C=O) groups excluding carboxylic acids is 1. The van der Waals surface area contributed by atoms with E-state index in [2.05, 4.69) is 17.5 Å². The molecule has 0 bridgehead atoms. The van der Waals surface area contributed by atoms with Crippen molar-refractivity contribution in [2.75, 3.05) is 6.61 Å². The maximum Gasteiger partial charge on any atom is 0.271 e. The topological polar surface area (TPSA) is 50.7 Å². The maximum absolute atomic E-state index is 12.0. The lowest BCUT2D eigenvalue weighted by Gasteiger charge is -2.06. The van der Waals surface area contributed by atoms with Crippen molar-refractivity contribution >= 4 is 23.5 Å². The van der Waals surface area contributed by atoms with Gasteiger partial charge in [-0.1, -0.05) is 26.2 Å². The van der Waals surface area contributed by atoms with Gasteiger partial charge >= 0.3 is 0 Å². The Bertz CT molecular complexity index is 662. The highest BCUT2D eigenvalue weighted by molar-refractivity contribution is 7.13. The summed E-state index contributed by atoms with van der Waals surface area (Å²) in [6.07, 6.45) is 6.38. The summed E-state index contributed by atoms with van der Waals surface area (Å²) >= 11 is 1.63. The van der Waals surface area contributed by atoms with Crippen LogP contribution in [0.4, 0.5) is 0 Å². The molecule has 0 aliphatic heterocycles. The molecule has 2 rings (SSSR count). The average Bonchev–Trinajstić information content (AvgIpc) is 3.00. The van der Waals surface area contributed by atoms with Crippen molar-refractivity contribution in [3.8, 4) is 5.75 Å². The lowest BCUT2D eigenvalue weighted by molar-refractivity contribution is 0.0955. The molecule has 1 N–H and O–H groups in total. The van der Waals surface area contributed by atoms with Gasteiger partial charge in [-0.3, -0.25) is 4.79 Å². The van der Waals surface area contributed by atoms with E-state index in [1.54, 1.807) is 29.7 Å². The number of unbranched alkanes of at least 4 members (excludes halogenated alkanes) is 3. The van der Waals surface area contributed by atoms with Gasteiger partial charge in [0.2, 0.25) is 0 Å². The second-order valence-corrected chi connectivity index (χ2v) is 6.90. The van der Waals surface area contributed by atoms with Crippen molar-refractivity contribution in [1.82, 2.24) is 5.43 Å². The van der Waals surface area contributed by atoms with Crippen molar-refractivity contribution in [3.63, 3.8) is 0 Å². The largest absolute Gasteiger partial charge is 0.494 e. The minimum atomic E-state index is -0.228. The monoisotopic (exact) mass is 344 g/mol. The number of hydrogen-bond donors (Lipinski definition) is 1. The molecule has 128 valence electrons. The van der Waals surface area contributed by atoms with Crippen LogP contribution in [0.15, 0.2) is 41.5 Å². The SMILES string of the molecule is CCCCCCOc1ccc(C(=O)NN=Cc2ccc(C)s2)cc1. The lowest BCUT2D eigenvalue weighted by atomic mass is 10.2. The Balaban J connectivity index is 1.77. The first-order valence-electron chi connectivity index (χ1n) is 8.31. The zero-order valence-corrected chi connectivity index (χ0v) is 15.1. The lowest BCUT2D eigenvalue weighted by Crippen LogP contribution is -2.17. The van der Waals surface area contributed by atoms with Crippen LogP contribution in [-0.4, -0.2) is 18.7 Å². The van der Waals surface area contributed by atoms with E-state index >= 15 is 0 Å². The van der Waals surface area contributed by atoms with E-state index < -0.39 is 0 Å². The molecule has 2 aromatic rings. The van der Waals surface area contributed by atoms with E-state index in [4.69, 9.17) is 4.74 Å². The zero-order chi connectivity index (χ0) is 17.2. The molecular formula is C19H24N2O2S. The van der Waals surface area contributed by atoms with E-state index in [0.29, 0.717) is 5.56 Å². The van der Waals surface area contributed by atoms with Gasteiger partial charge in [0.05, 0.1) is 12.8 Å². The van der Waals surface area contributed by atoms with Gasteiger partial charge in [0.1, 0.15) is 5.75 Å². The van der Waals surface area contributed by atoms with Crippen LogP contribution in [0.3, 0.4) is 0 Å². The van der Waals surface area contributed by atoms with E-state index in [1.165, 1.54) is 24.1 Å². The molecule has 24 heavy (non-hydrogen) atoms. The van der Waals surface area contributed by atoms with Gasteiger partial charge < -0.3 is 4.74 Å². The van der Waals surface area contributed by atoms with E-state index in [1.807, 2.05) is 31.2 Å². The highest BCUT2D eigenvalue weighted by Gasteiger charge is 2.04. The van der Waals surface area contributed by atoms with Crippen molar-refractivity contribution in [2.45, 2.75) is 39.5 Å². The summed E-state index contributed by atoms with van der Waals surface area (Å²) in [4.78, 5) is 14.3. The third-order valence-electron chi connectivity index (χ3n) is 3.50. The smallest absolute Gasteiger partial charge is 0.271 e. The molecule has 0 spiro atoms. The Morgan fingerprint density at radius 1 is 1.17 bits per heavy atom. The van der Waals surface area contributed by atoms with Crippen molar-refractivity contribution in [1.29, 1.82) is 0 Å². The van der Waals surface area contributed by atoms with Gasteiger partial charge in [0.15, 0.2) is 0 Å². The van der Waals surface area contributed by atoms with Gasteiger partial charge in [0.25, 0.3) is 5.91 Å². The summed E-state index contributed by atoms with van der Waals surface area (Å²) in [5.74, 6) is 0.564. The second kappa shape index (κ2) is 9.88. The van der Waals surface area contributed by atoms with Gasteiger partial charge in [-0.05, 0) is 49.7 Å². The Hall–Kier alpha value is -2.14. The summed E-state index contributed by atoms with van der Waals surface area (Å²) in [7, 11) is 0. The normalized spacial score (nSPS) is 10.9. The minimum Gasteiger partial charge on any atom is -0.494 e. The number of thiophene rings is 1. The first kappa shape index (κ1) is 18.2. The van der Waals surface area contributed by atoms with Gasteiger partial charge in [-0.15, -0.1) is 11.3 Å². The Morgan fingerprint density at radius 2 is 1.96 bits per heavy atom. The number of nitrogens with one attached hydrogen (secondary N) is 1. The Labute approximate surface area is 147 Å². The van der Waals surface area contributed by atoms with E-state index in [-0.39, 0.29) is 5.91 Å². The van der Waals surface area contributed by atoms with Crippen molar-refractivity contribution < 1.29 is 9.53 Å². The number of carbonyl (C=O) groups is 1. The highest BCUT2D eigenvalue weighted by Crippen LogP contribution is 2.14. The first-order chi connectivity index (χ1) is 11.7. The Kier molecular flexibility index (Phi) is 7.49. The molecule has 5 heteroatoms. The molecule has 0 fully saturated rings. The second-order valence-electron chi connectivity index (χ2n) is 5.58. The molecule has 1 aromatic carbocycles. The highest BCUT2D eigenvalue weighted by atomic mass is 32.1. The summed E-state index contributed by atoms with van der Waals surface area (Å²) in [6, 6.07) is 11.1. The van der Waals surface area contributed by atoms with Crippen molar-refractivity contribution in [3.05, 3.63) is 51.7 Å². The van der Waals surface area contributed by atoms with Crippen LogP contribution in [0, 0.1) is 6.92 Å². The molecule has 0 saturated heterocycles. The van der Waals surface area contributed by atoms with Gasteiger partial charge in [-0.2, -0.15) is 5.10 Å². The van der Waals surface area contributed by atoms with Crippen LogP contribution in [-0.2, 0) is 0 Å².